The van der Waals surface area contributed by atoms with E-state index in [1.165, 1.54) is 17.0 Å². The summed E-state index contributed by atoms with van der Waals surface area (Å²) in [7, 11) is 0. The molecule has 0 radical (unpaired) electrons. The largest absolute Gasteiger partial charge is 0.416 e. The lowest BCUT2D eigenvalue weighted by Crippen LogP contribution is -2.28. The molecule has 26 heavy (non-hydrogen) atoms. The highest BCUT2D eigenvalue weighted by molar-refractivity contribution is 5.74. The van der Waals surface area contributed by atoms with Gasteiger partial charge in [0, 0.05) is 18.8 Å². The number of aliphatic hydroxyl groups is 1. The van der Waals surface area contributed by atoms with Crippen LogP contribution < -0.4 is 10.2 Å². The van der Waals surface area contributed by atoms with Crippen LogP contribution in [-0.4, -0.2) is 39.7 Å². The third-order valence-electron chi connectivity index (χ3n) is 3.49. The number of nitrogens with zero attached hydrogens (tertiary/aromatic N) is 4. The van der Waals surface area contributed by atoms with Crippen LogP contribution in [0, 0.1) is 10.1 Å². The fourth-order valence-corrected chi connectivity index (χ4v) is 2.30. The third kappa shape index (κ3) is 4.36. The van der Waals surface area contributed by atoms with Crippen molar-refractivity contribution in [3.63, 3.8) is 0 Å². The van der Waals surface area contributed by atoms with Gasteiger partial charge in [0.2, 0.25) is 11.6 Å². The van der Waals surface area contributed by atoms with Gasteiger partial charge in [-0.25, -0.2) is 9.97 Å². The molecule has 1 aromatic carbocycles. The van der Waals surface area contributed by atoms with Gasteiger partial charge in [-0.2, -0.15) is 13.2 Å². The van der Waals surface area contributed by atoms with Crippen LogP contribution in [0.25, 0.3) is 0 Å². The normalized spacial score (nSPS) is 11.3. The van der Waals surface area contributed by atoms with Crippen LogP contribution in [0.2, 0.25) is 0 Å². The Morgan fingerprint density at radius 3 is 2.65 bits per heavy atom. The number of anilines is 3. The van der Waals surface area contributed by atoms with Crippen molar-refractivity contribution < 1.29 is 23.2 Å². The molecule has 0 aliphatic carbocycles. The van der Waals surface area contributed by atoms with Crippen LogP contribution in [0.4, 0.5) is 36.2 Å². The average molecular weight is 371 g/mol. The van der Waals surface area contributed by atoms with Crippen LogP contribution in [0.15, 0.2) is 30.6 Å². The second-order valence-corrected chi connectivity index (χ2v) is 5.16. The summed E-state index contributed by atoms with van der Waals surface area (Å²) in [6.45, 7) is 1.92. The maximum atomic E-state index is 12.8. The number of rotatable bonds is 7. The summed E-state index contributed by atoms with van der Waals surface area (Å²) in [6, 6.07) is 4.25. The maximum Gasteiger partial charge on any atom is 0.416 e. The van der Waals surface area contributed by atoms with Crippen molar-refractivity contribution in [1.82, 2.24) is 9.97 Å². The van der Waals surface area contributed by atoms with Crippen LogP contribution in [-0.2, 0) is 6.18 Å². The molecule has 2 aromatic rings. The maximum absolute atomic E-state index is 12.8. The van der Waals surface area contributed by atoms with Crippen molar-refractivity contribution in [2.75, 3.05) is 29.9 Å². The second kappa shape index (κ2) is 7.95. The Morgan fingerprint density at radius 1 is 1.35 bits per heavy atom. The minimum atomic E-state index is -4.54. The number of halogens is 3. The molecule has 0 amide bonds. The Kier molecular flexibility index (Phi) is 5.93. The summed E-state index contributed by atoms with van der Waals surface area (Å²) in [4.78, 5) is 19.9. The van der Waals surface area contributed by atoms with E-state index in [0.29, 0.717) is 6.54 Å². The Balaban J connectivity index is 2.46. The molecular formula is C15H16F3N5O3. The van der Waals surface area contributed by atoms with E-state index in [9.17, 15) is 23.3 Å². The molecule has 1 heterocycles. The fourth-order valence-electron chi connectivity index (χ4n) is 2.30. The van der Waals surface area contributed by atoms with Crippen LogP contribution >= 0.6 is 0 Å². The van der Waals surface area contributed by atoms with Gasteiger partial charge in [-0.3, -0.25) is 10.1 Å². The van der Waals surface area contributed by atoms with E-state index in [2.05, 4.69) is 15.3 Å². The zero-order valence-electron chi connectivity index (χ0n) is 13.7. The van der Waals surface area contributed by atoms with E-state index < -0.39 is 22.4 Å². The standard InChI is InChI=1S/C15H16F3N5O3/c1-2-22(6-7-24)14-12(23(25)26)13(19-9-20-14)21-11-5-3-4-10(8-11)15(16,17)18/h3-5,8-9,24H,2,6-7H2,1H3,(H,19,20,21). The van der Waals surface area contributed by atoms with Gasteiger partial charge in [0.1, 0.15) is 6.33 Å². The first-order valence-electron chi connectivity index (χ1n) is 7.57. The van der Waals surface area contributed by atoms with Gasteiger partial charge in [0.15, 0.2) is 0 Å². The van der Waals surface area contributed by atoms with E-state index in [0.717, 1.165) is 18.5 Å². The number of hydrogen-bond donors (Lipinski definition) is 2. The molecule has 0 atom stereocenters. The number of aliphatic hydroxyl groups excluding tert-OH is 1. The third-order valence-corrected chi connectivity index (χ3v) is 3.49. The van der Waals surface area contributed by atoms with Gasteiger partial charge in [0.05, 0.1) is 17.1 Å². The van der Waals surface area contributed by atoms with Crippen LogP contribution in [0.3, 0.4) is 0 Å². The minimum Gasteiger partial charge on any atom is -0.395 e. The highest BCUT2D eigenvalue weighted by Gasteiger charge is 2.31. The van der Waals surface area contributed by atoms with Crippen molar-refractivity contribution >= 4 is 23.0 Å². The lowest BCUT2D eigenvalue weighted by atomic mass is 10.2. The van der Waals surface area contributed by atoms with Crippen molar-refractivity contribution in [2.24, 2.45) is 0 Å². The number of likely N-dealkylation sites (N-methyl/N-ethyl adjacent to an activating group) is 1. The fraction of sp³-hybridized carbons (Fsp3) is 0.333. The van der Waals surface area contributed by atoms with Gasteiger partial charge >= 0.3 is 11.9 Å². The van der Waals surface area contributed by atoms with Gasteiger partial charge < -0.3 is 15.3 Å². The second-order valence-electron chi connectivity index (χ2n) is 5.16. The molecule has 0 aliphatic rings. The molecule has 0 spiro atoms. The Bertz CT molecular complexity index is 785. The number of nitrogens with one attached hydrogen (secondary N) is 1. The van der Waals surface area contributed by atoms with Gasteiger partial charge in [0.25, 0.3) is 0 Å². The van der Waals surface area contributed by atoms with Crippen molar-refractivity contribution in [3.05, 3.63) is 46.3 Å². The highest BCUT2D eigenvalue weighted by atomic mass is 19.4. The predicted molar refractivity (Wildman–Crippen MR) is 88.4 cm³/mol. The predicted octanol–water partition coefficient (Wildman–Crippen LogP) is 2.97. The number of aromatic nitrogens is 2. The molecule has 0 fully saturated rings. The Morgan fingerprint density at radius 2 is 2.08 bits per heavy atom. The zero-order valence-corrected chi connectivity index (χ0v) is 13.7. The van der Waals surface area contributed by atoms with Crippen molar-refractivity contribution in [1.29, 1.82) is 0 Å². The van der Waals surface area contributed by atoms with Gasteiger partial charge in [-0.15, -0.1) is 0 Å². The first-order valence-corrected chi connectivity index (χ1v) is 7.57. The molecule has 0 saturated heterocycles. The first-order chi connectivity index (χ1) is 12.3. The molecule has 0 unspecified atom stereocenters. The Hall–Kier alpha value is -2.95. The zero-order chi connectivity index (χ0) is 19.3. The number of benzene rings is 1. The quantitative estimate of drug-likeness (QED) is 0.569. The number of nitro groups is 1. The molecule has 11 heteroatoms. The van der Waals surface area contributed by atoms with E-state index in [1.807, 2.05) is 0 Å². The molecule has 1 aromatic heterocycles. The summed E-state index contributed by atoms with van der Waals surface area (Å²) in [5.74, 6) is -0.272. The molecule has 140 valence electrons. The first kappa shape index (κ1) is 19.4. The topological polar surface area (TPSA) is 104 Å². The average Bonchev–Trinajstić information content (AvgIpc) is 2.58. The lowest BCUT2D eigenvalue weighted by molar-refractivity contribution is -0.383. The lowest BCUT2D eigenvalue weighted by Gasteiger charge is -2.21. The number of alkyl halides is 3. The van der Waals surface area contributed by atoms with Crippen molar-refractivity contribution in [2.45, 2.75) is 13.1 Å². The molecule has 2 rings (SSSR count). The molecule has 0 bridgehead atoms. The summed E-state index contributed by atoms with van der Waals surface area (Å²) < 4.78 is 38.5. The summed E-state index contributed by atoms with van der Waals surface area (Å²) in [5, 5.41) is 23.1. The van der Waals surface area contributed by atoms with Gasteiger partial charge in [-0.1, -0.05) is 6.07 Å². The minimum absolute atomic E-state index is 0.00205. The van der Waals surface area contributed by atoms with E-state index in [-0.39, 0.29) is 30.5 Å². The monoisotopic (exact) mass is 371 g/mol. The SMILES string of the molecule is CCN(CCO)c1ncnc(Nc2cccc(C(F)(F)F)c2)c1[N+](=O)[O-]. The van der Waals surface area contributed by atoms with E-state index in [1.54, 1.807) is 6.92 Å². The summed E-state index contributed by atoms with van der Waals surface area (Å²) in [6.07, 6.45) is -3.47. The smallest absolute Gasteiger partial charge is 0.395 e. The van der Waals surface area contributed by atoms with Crippen molar-refractivity contribution in [3.8, 4) is 0 Å². The molecule has 8 nitrogen and oxygen atoms in total. The molecule has 0 aliphatic heterocycles. The highest BCUT2D eigenvalue weighted by Crippen LogP contribution is 2.35. The van der Waals surface area contributed by atoms with Gasteiger partial charge in [-0.05, 0) is 25.1 Å². The van der Waals surface area contributed by atoms with E-state index >= 15 is 0 Å². The Labute approximate surface area is 146 Å². The molecule has 2 N–H and O–H groups in total. The molecular weight excluding hydrogens is 355 g/mol. The summed E-state index contributed by atoms with van der Waals surface area (Å²) in [5.41, 5.74) is -1.38. The summed E-state index contributed by atoms with van der Waals surface area (Å²) >= 11 is 0. The number of hydrogen-bond acceptors (Lipinski definition) is 7. The van der Waals surface area contributed by atoms with E-state index in [4.69, 9.17) is 5.11 Å². The van der Waals surface area contributed by atoms with Crippen LogP contribution in [0.5, 0.6) is 0 Å². The van der Waals surface area contributed by atoms with Crippen LogP contribution in [0.1, 0.15) is 12.5 Å². The molecule has 0 saturated carbocycles.